The van der Waals surface area contributed by atoms with E-state index in [0.717, 1.165) is 17.0 Å². The molecule has 1 saturated carbocycles. The second-order valence-corrected chi connectivity index (χ2v) is 4.50. The highest BCUT2D eigenvalue weighted by molar-refractivity contribution is 5.76. The highest BCUT2D eigenvalue weighted by Gasteiger charge is 2.19. The molecule has 4 nitrogen and oxygen atoms in total. The lowest BCUT2D eigenvalue weighted by Gasteiger charge is -2.24. The van der Waals surface area contributed by atoms with Crippen molar-refractivity contribution in [1.29, 1.82) is 0 Å². The lowest BCUT2D eigenvalue weighted by molar-refractivity contribution is 0.362. The third kappa shape index (κ3) is 1.45. The van der Waals surface area contributed by atoms with E-state index in [1.54, 1.807) is 12.4 Å². The quantitative estimate of drug-likeness (QED) is 0.796. The predicted molar refractivity (Wildman–Crippen MR) is 64.1 cm³/mol. The molecule has 0 spiro atoms. The SMILES string of the molecule is Nc1cc2nccnc2n1C1CCCCC1. The Balaban J connectivity index is 2.10. The number of fused-ring (bicyclic) bond motifs is 1. The third-order valence-electron chi connectivity index (χ3n) is 3.44. The Kier molecular flexibility index (Phi) is 2.27. The molecular weight excluding hydrogens is 200 g/mol. The van der Waals surface area contributed by atoms with Crippen LogP contribution in [-0.4, -0.2) is 14.5 Å². The Morgan fingerprint density at radius 2 is 1.88 bits per heavy atom. The fraction of sp³-hybridized carbons (Fsp3) is 0.500. The van der Waals surface area contributed by atoms with Gasteiger partial charge in [-0.3, -0.25) is 4.98 Å². The molecule has 2 N–H and O–H groups in total. The summed E-state index contributed by atoms with van der Waals surface area (Å²) >= 11 is 0. The molecule has 1 aliphatic rings. The lowest BCUT2D eigenvalue weighted by atomic mass is 9.95. The molecule has 0 radical (unpaired) electrons. The van der Waals surface area contributed by atoms with E-state index in [9.17, 15) is 0 Å². The van der Waals surface area contributed by atoms with E-state index in [0.29, 0.717) is 6.04 Å². The van der Waals surface area contributed by atoms with Crippen molar-refractivity contribution in [2.75, 3.05) is 5.73 Å². The van der Waals surface area contributed by atoms with Gasteiger partial charge in [0.1, 0.15) is 11.3 Å². The molecule has 16 heavy (non-hydrogen) atoms. The summed E-state index contributed by atoms with van der Waals surface area (Å²) < 4.78 is 2.17. The highest BCUT2D eigenvalue weighted by atomic mass is 15.1. The van der Waals surface area contributed by atoms with Gasteiger partial charge in [0.2, 0.25) is 0 Å². The smallest absolute Gasteiger partial charge is 0.160 e. The third-order valence-corrected chi connectivity index (χ3v) is 3.44. The van der Waals surface area contributed by atoms with Crippen LogP contribution in [0.5, 0.6) is 0 Å². The summed E-state index contributed by atoms with van der Waals surface area (Å²) in [6.07, 6.45) is 9.82. The number of nitrogen functional groups attached to an aromatic ring is 1. The van der Waals surface area contributed by atoms with Gasteiger partial charge in [0, 0.05) is 24.5 Å². The largest absolute Gasteiger partial charge is 0.385 e. The monoisotopic (exact) mass is 216 g/mol. The van der Waals surface area contributed by atoms with Gasteiger partial charge in [0.05, 0.1) is 0 Å². The topological polar surface area (TPSA) is 56.7 Å². The maximum absolute atomic E-state index is 6.07. The summed E-state index contributed by atoms with van der Waals surface area (Å²) in [5, 5.41) is 0. The maximum atomic E-state index is 6.07. The van der Waals surface area contributed by atoms with E-state index >= 15 is 0 Å². The lowest BCUT2D eigenvalue weighted by Crippen LogP contribution is -2.15. The van der Waals surface area contributed by atoms with Crippen LogP contribution >= 0.6 is 0 Å². The molecule has 3 rings (SSSR count). The molecule has 0 aromatic carbocycles. The van der Waals surface area contributed by atoms with Crippen LogP contribution in [0, 0.1) is 0 Å². The zero-order valence-electron chi connectivity index (χ0n) is 9.26. The van der Waals surface area contributed by atoms with E-state index in [1.165, 1.54) is 32.1 Å². The summed E-state index contributed by atoms with van der Waals surface area (Å²) in [6, 6.07) is 2.44. The number of aromatic nitrogens is 3. The standard InChI is InChI=1S/C12H16N4/c13-11-8-10-12(15-7-6-14-10)16(11)9-4-2-1-3-5-9/h6-9H,1-5,13H2. The zero-order valence-corrected chi connectivity index (χ0v) is 9.26. The molecule has 1 aliphatic carbocycles. The van der Waals surface area contributed by atoms with Crippen LogP contribution in [0.1, 0.15) is 38.1 Å². The van der Waals surface area contributed by atoms with Crippen molar-refractivity contribution in [3.05, 3.63) is 18.5 Å². The van der Waals surface area contributed by atoms with Gasteiger partial charge in [-0.05, 0) is 12.8 Å². The van der Waals surface area contributed by atoms with E-state index in [2.05, 4.69) is 14.5 Å². The molecule has 2 aromatic rings. The van der Waals surface area contributed by atoms with Crippen LogP contribution in [-0.2, 0) is 0 Å². The zero-order chi connectivity index (χ0) is 11.0. The number of anilines is 1. The van der Waals surface area contributed by atoms with E-state index in [-0.39, 0.29) is 0 Å². The molecule has 0 atom stereocenters. The Morgan fingerprint density at radius 1 is 1.12 bits per heavy atom. The molecular formula is C12H16N4. The van der Waals surface area contributed by atoms with Crippen LogP contribution < -0.4 is 5.73 Å². The van der Waals surface area contributed by atoms with Gasteiger partial charge >= 0.3 is 0 Å². The van der Waals surface area contributed by atoms with Crippen LogP contribution in [0.4, 0.5) is 5.82 Å². The normalized spacial score (nSPS) is 18.0. The van der Waals surface area contributed by atoms with E-state index in [1.807, 2.05) is 6.07 Å². The summed E-state index contributed by atoms with van der Waals surface area (Å²) in [6.45, 7) is 0. The van der Waals surface area contributed by atoms with Gasteiger partial charge in [-0.1, -0.05) is 19.3 Å². The fourth-order valence-corrected chi connectivity index (χ4v) is 2.68. The van der Waals surface area contributed by atoms with Crippen LogP contribution in [0.3, 0.4) is 0 Å². The predicted octanol–water partition coefficient (Wildman–Crippen LogP) is 2.52. The molecule has 0 bridgehead atoms. The van der Waals surface area contributed by atoms with Gasteiger partial charge in [0.25, 0.3) is 0 Å². The van der Waals surface area contributed by atoms with Gasteiger partial charge in [-0.25, -0.2) is 4.98 Å². The molecule has 1 fully saturated rings. The van der Waals surface area contributed by atoms with Crippen LogP contribution in [0.25, 0.3) is 11.2 Å². The fourth-order valence-electron chi connectivity index (χ4n) is 2.68. The number of hydrogen-bond acceptors (Lipinski definition) is 3. The molecule has 0 saturated heterocycles. The van der Waals surface area contributed by atoms with Crippen molar-refractivity contribution in [3.8, 4) is 0 Å². The van der Waals surface area contributed by atoms with E-state index in [4.69, 9.17) is 5.73 Å². The van der Waals surface area contributed by atoms with Crippen molar-refractivity contribution < 1.29 is 0 Å². The minimum absolute atomic E-state index is 0.517. The molecule has 0 amide bonds. The Hall–Kier alpha value is -1.58. The van der Waals surface area contributed by atoms with Crippen LogP contribution in [0.2, 0.25) is 0 Å². The summed E-state index contributed by atoms with van der Waals surface area (Å²) in [4.78, 5) is 8.69. The first-order chi connectivity index (χ1) is 7.86. The second-order valence-electron chi connectivity index (χ2n) is 4.50. The number of nitrogens with zero attached hydrogens (tertiary/aromatic N) is 3. The maximum Gasteiger partial charge on any atom is 0.160 e. The first-order valence-electron chi connectivity index (χ1n) is 5.93. The Bertz CT molecular complexity index is 497. The molecule has 0 aliphatic heterocycles. The van der Waals surface area contributed by atoms with Gasteiger partial charge in [0.15, 0.2) is 5.65 Å². The van der Waals surface area contributed by atoms with Crippen molar-refractivity contribution >= 4 is 17.0 Å². The first kappa shape index (κ1) is 9.63. The minimum atomic E-state index is 0.517. The average Bonchev–Trinajstić information content (AvgIpc) is 2.66. The van der Waals surface area contributed by atoms with Crippen molar-refractivity contribution in [3.63, 3.8) is 0 Å². The van der Waals surface area contributed by atoms with E-state index < -0.39 is 0 Å². The number of hydrogen-bond donors (Lipinski definition) is 1. The Morgan fingerprint density at radius 3 is 2.69 bits per heavy atom. The van der Waals surface area contributed by atoms with Gasteiger partial charge < -0.3 is 10.3 Å². The van der Waals surface area contributed by atoms with Crippen molar-refractivity contribution in [2.45, 2.75) is 38.1 Å². The number of rotatable bonds is 1. The molecule has 0 unspecified atom stereocenters. The second kappa shape index (κ2) is 3.77. The first-order valence-corrected chi connectivity index (χ1v) is 5.93. The van der Waals surface area contributed by atoms with Crippen molar-refractivity contribution in [1.82, 2.24) is 14.5 Å². The molecule has 4 heteroatoms. The van der Waals surface area contributed by atoms with Crippen molar-refractivity contribution in [2.24, 2.45) is 0 Å². The summed E-state index contributed by atoms with van der Waals surface area (Å²) in [5.41, 5.74) is 7.91. The number of nitrogens with two attached hydrogens (primary N) is 1. The van der Waals surface area contributed by atoms with Crippen LogP contribution in [0.15, 0.2) is 18.5 Å². The van der Waals surface area contributed by atoms with Gasteiger partial charge in [-0.2, -0.15) is 0 Å². The summed E-state index contributed by atoms with van der Waals surface area (Å²) in [7, 11) is 0. The summed E-state index contributed by atoms with van der Waals surface area (Å²) in [5.74, 6) is 0.799. The average molecular weight is 216 g/mol. The van der Waals surface area contributed by atoms with Gasteiger partial charge in [-0.15, -0.1) is 0 Å². The Labute approximate surface area is 94.5 Å². The highest BCUT2D eigenvalue weighted by Crippen LogP contribution is 2.33. The molecule has 2 heterocycles. The molecule has 2 aromatic heterocycles. The minimum Gasteiger partial charge on any atom is -0.385 e. The molecule has 84 valence electrons.